The average molecular weight is 281 g/mol. The van der Waals surface area contributed by atoms with E-state index in [1.54, 1.807) is 0 Å². The van der Waals surface area contributed by atoms with Crippen LogP contribution in [0.15, 0.2) is 0 Å². The van der Waals surface area contributed by atoms with Crippen LogP contribution in [-0.4, -0.2) is 0 Å². The van der Waals surface area contributed by atoms with Gasteiger partial charge in [0, 0.05) is 0 Å². The van der Waals surface area contributed by atoms with E-state index in [0.29, 0.717) is 0 Å². The van der Waals surface area contributed by atoms with Crippen LogP contribution in [0.3, 0.4) is 0 Å². The lowest BCUT2D eigenvalue weighted by atomic mass is 10.0. The summed E-state index contributed by atoms with van der Waals surface area (Å²) in [7, 11) is 0. The summed E-state index contributed by atoms with van der Waals surface area (Å²) < 4.78 is 0. The smallest absolute Gasteiger partial charge is 0.0533 e. The Kier molecular flexibility index (Phi) is 13.9. The van der Waals surface area contributed by atoms with Crippen molar-refractivity contribution in [2.75, 3.05) is 0 Å². The molecule has 0 atom stereocenters. The van der Waals surface area contributed by atoms with Gasteiger partial charge in [-0.05, 0) is 0 Å². The van der Waals surface area contributed by atoms with E-state index in [1.165, 1.54) is 128 Å². The highest BCUT2D eigenvalue weighted by Gasteiger charge is 1.96. The van der Waals surface area contributed by atoms with Crippen LogP contribution in [0.25, 0.3) is 0 Å². The van der Waals surface area contributed by atoms with Crippen LogP contribution in [-0.2, 0) is 0 Å². The second-order valence-corrected chi connectivity index (χ2v) is 7.07. The van der Waals surface area contributed by atoms with Crippen molar-refractivity contribution in [2.24, 2.45) is 0 Å². The molecule has 0 unspecified atom stereocenters. The van der Waals surface area contributed by atoms with Gasteiger partial charge in [0.25, 0.3) is 0 Å². The molecule has 0 aromatic rings. The highest BCUT2D eigenvalue weighted by Crippen LogP contribution is 2.16. The summed E-state index contributed by atoms with van der Waals surface area (Å²) in [5.74, 6) is 0. The van der Waals surface area contributed by atoms with Crippen molar-refractivity contribution < 1.29 is 0 Å². The van der Waals surface area contributed by atoms with Crippen molar-refractivity contribution in [2.45, 2.75) is 128 Å². The Labute approximate surface area is 129 Å². The molecule has 120 valence electrons. The zero-order valence-electron chi connectivity index (χ0n) is 14.1. The summed E-state index contributed by atoms with van der Waals surface area (Å²) in [5, 5.41) is 0. The van der Waals surface area contributed by atoms with E-state index >= 15 is 0 Å². The molecule has 0 spiro atoms. The number of hydrogen-bond donors (Lipinski definition) is 0. The maximum absolute atomic E-state index is 1.50. The van der Waals surface area contributed by atoms with E-state index in [2.05, 4.69) is 0 Å². The normalized spacial score (nSPS) is 24.0. The highest BCUT2D eigenvalue weighted by molar-refractivity contribution is 4.52. The SMILES string of the molecule is C1CCCCCCC1.C1CCCCCCCCCCC1. The van der Waals surface area contributed by atoms with Crippen molar-refractivity contribution in [3.63, 3.8) is 0 Å². The first kappa shape index (κ1) is 18.1. The fourth-order valence-electron chi connectivity index (χ4n) is 3.54. The zero-order chi connectivity index (χ0) is 14.1. The molecule has 0 aromatic heterocycles. The molecule has 0 bridgehead atoms. The van der Waals surface area contributed by atoms with Crippen LogP contribution < -0.4 is 0 Å². The zero-order valence-corrected chi connectivity index (χ0v) is 14.1. The monoisotopic (exact) mass is 280 g/mol. The second kappa shape index (κ2) is 15.4. The molecule has 0 radical (unpaired) electrons. The number of hydrogen-bond acceptors (Lipinski definition) is 0. The maximum Gasteiger partial charge on any atom is -0.0533 e. The summed E-state index contributed by atoms with van der Waals surface area (Å²) in [6.07, 6.45) is 30.0. The Balaban J connectivity index is 0.000000217. The lowest BCUT2D eigenvalue weighted by Gasteiger charge is -2.05. The van der Waals surface area contributed by atoms with Gasteiger partial charge in [-0.1, -0.05) is 128 Å². The Hall–Kier alpha value is 0. The molecule has 0 aromatic carbocycles. The first-order valence-corrected chi connectivity index (χ1v) is 10.00. The molecule has 0 N–H and O–H groups in total. The summed E-state index contributed by atoms with van der Waals surface area (Å²) in [4.78, 5) is 0. The Bertz CT molecular complexity index is 106. The summed E-state index contributed by atoms with van der Waals surface area (Å²) in [6.45, 7) is 0. The topological polar surface area (TPSA) is 0 Å². The van der Waals surface area contributed by atoms with Gasteiger partial charge in [-0.25, -0.2) is 0 Å². The van der Waals surface area contributed by atoms with Gasteiger partial charge in [-0.3, -0.25) is 0 Å². The predicted molar refractivity (Wildman–Crippen MR) is 92.3 cm³/mol. The van der Waals surface area contributed by atoms with Gasteiger partial charge >= 0.3 is 0 Å². The molecular formula is C20H40. The average Bonchev–Trinajstić information content (AvgIpc) is 2.39. The minimum atomic E-state index is 1.50. The third-order valence-electron chi connectivity index (χ3n) is 5.00. The van der Waals surface area contributed by atoms with Crippen molar-refractivity contribution >= 4 is 0 Å². The lowest BCUT2D eigenvalue weighted by molar-refractivity contribution is 0.504. The van der Waals surface area contributed by atoms with Crippen LogP contribution >= 0.6 is 0 Å². The van der Waals surface area contributed by atoms with Crippen molar-refractivity contribution in [3.05, 3.63) is 0 Å². The first-order valence-electron chi connectivity index (χ1n) is 10.00. The molecule has 0 aliphatic heterocycles. The van der Waals surface area contributed by atoms with Crippen LogP contribution in [0.1, 0.15) is 128 Å². The largest absolute Gasteiger partial charge is 0.0533 e. The summed E-state index contributed by atoms with van der Waals surface area (Å²) in [5.41, 5.74) is 0. The molecule has 0 saturated heterocycles. The molecule has 0 nitrogen and oxygen atoms in total. The molecule has 0 heterocycles. The van der Waals surface area contributed by atoms with Gasteiger partial charge in [0.05, 0.1) is 0 Å². The fourth-order valence-corrected chi connectivity index (χ4v) is 3.54. The van der Waals surface area contributed by atoms with E-state index in [0.717, 1.165) is 0 Å². The maximum atomic E-state index is 1.50. The van der Waals surface area contributed by atoms with Crippen LogP contribution in [0.2, 0.25) is 0 Å². The molecule has 2 fully saturated rings. The summed E-state index contributed by atoms with van der Waals surface area (Å²) in [6, 6.07) is 0. The molecule has 0 amide bonds. The molecule has 0 heteroatoms. The van der Waals surface area contributed by atoms with Gasteiger partial charge in [0.2, 0.25) is 0 Å². The first-order chi connectivity index (χ1) is 10.0. The van der Waals surface area contributed by atoms with E-state index in [4.69, 9.17) is 0 Å². The third kappa shape index (κ3) is 13.0. The molecule has 2 saturated carbocycles. The van der Waals surface area contributed by atoms with Crippen molar-refractivity contribution in [1.29, 1.82) is 0 Å². The van der Waals surface area contributed by atoms with Gasteiger partial charge < -0.3 is 0 Å². The standard InChI is InChI=1S/C12H24.C8H16/c1-2-4-6-8-10-12-11-9-7-5-3-1;1-2-4-6-8-7-5-3-1/h1-12H2;1-8H2. The Morgan fingerprint density at radius 3 is 0.200 bits per heavy atom. The molecular weight excluding hydrogens is 240 g/mol. The van der Waals surface area contributed by atoms with E-state index in [-0.39, 0.29) is 0 Å². The van der Waals surface area contributed by atoms with Crippen molar-refractivity contribution in [3.8, 4) is 0 Å². The van der Waals surface area contributed by atoms with E-state index in [9.17, 15) is 0 Å². The predicted octanol–water partition coefficient (Wildman–Crippen LogP) is 7.80. The van der Waals surface area contributed by atoms with Gasteiger partial charge in [-0.15, -0.1) is 0 Å². The summed E-state index contributed by atoms with van der Waals surface area (Å²) >= 11 is 0. The van der Waals surface area contributed by atoms with Gasteiger partial charge in [0.15, 0.2) is 0 Å². The van der Waals surface area contributed by atoms with E-state index < -0.39 is 0 Å². The van der Waals surface area contributed by atoms with Crippen LogP contribution in [0.4, 0.5) is 0 Å². The Morgan fingerprint density at radius 2 is 0.150 bits per heavy atom. The fraction of sp³-hybridized carbons (Fsp3) is 1.00. The third-order valence-corrected chi connectivity index (χ3v) is 5.00. The minimum absolute atomic E-state index is 1.50. The van der Waals surface area contributed by atoms with Crippen LogP contribution in [0.5, 0.6) is 0 Å². The molecule has 2 aliphatic rings. The van der Waals surface area contributed by atoms with Gasteiger partial charge in [-0.2, -0.15) is 0 Å². The quantitative estimate of drug-likeness (QED) is 0.424. The minimum Gasteiger partial charge on any atom is -0.0533 e. The van der Waals surface area contributed by atoms with Crippen molar-refractivity contribution in [1.82, 2.24) is 0 Å². The molecule has 2 aliphatic carbocycles. The highest BCUT2D eigenvalue weighted by atomic mass is 14.0. The Morgan fingerprint density at radius 1 is 0.100 bits per heavy atom. The molecule has 2 rings (SSSR count). The van der Waals surface area contributed by atoms with Gasteiger partial charge in [0.1, 0.15) is 0 Å². The number of rotatable bonds is 0. The molecule has 20 heavy (non-hydrogen) atoms. The van der Waals surface area contributed by atoms with E-state index in [1.807, 2.05) is 0 Å². The second-order valence-electron chi connectivity index (χ2n) is 7.07. The lowest BCUT2D eigenvalue weighted by Crippen LogP contribution is -1.85. The van der Waals surface area contributed by atoms with Crippen LogP contribution in [0, 0.1) is 0 Å².